The molecular formula is C18H24O3. The molecule has 114 valence electrons. The second-order valence-corrected chi connectivity index (χ2v) is 6.47. The maximum atomic E-state index is 12.4. The van der Waals surface area contributed by atoms with Gasteiger partial charge in [-0.2, -0.15) is 0 Å². The van der Waals surface area contributed by atoms with Crippen molar-refractivity contribution in [3.05, 3.63) is 35.4 Å². The fourth-order valence-electron chi connectivity index (χ4n) is 3.24. The van der Waals surface area contributed by atoms with E-state index in [9.17, 15) is 9.59 Å². The molecule has 1 aliphatic carbocycles. The molecular weight excluding hydrogens is 264 g/mol. The standard InChI is InChI=1S/C18H24O3/c1-12(2)15-9-8-13(3)10-17(15)21-18(20)16-7-5-4-6-14(16)11-19/h4-7,11-13,15,17H,8-10H2,1-3H3. The summed E-state index contributed by atoms with van der Waals surface area (Å²) in [6.45, 7) is 6.57. The average Bonchev–Trinajstić information content (AvgIpc) is 2.46. The number of aldehydes is 1. The van der Waals surface area contributed by atoms with Crippen molar-refractivity contribution in [3.63, 3.8) is 0 Å². The zero-order valence-corrected chi connectivity index (χ0v) is 13.0. The van der Waals surface area contributed by atoms with Crippen LogP contribution in [0.25, 0.3) is 0 Å². The zero-order valence-electron chi connectivity index (χ0n) is 13.0. The van der Waals surface area contributed by atoms with Gasteiger partial charge in [-0.25, -0.2) is 4.79 Å². The lowest BCUT2D eigenvalue weighted by Crippen LogP contribution is -2.36. The Morgan fingerprint density at radius 1 is 1.29 bits per heavy atom. The molecule has 3 heteroatoms. The van der Waals surface area contributed by atoms with Crippen LogP contribution < -0.4 is 0 Å². The number of esters is 1. The summed E-state index contributed by atoms with van der Waals surface area (Å²) >= 11 is 0. The summed E-state index contributed by atoms with van der Waals surface area (Å²) in [7, 11) is 0. The number of carbonyl (C=O) groups excluding carboxylic acids is 2. The molecule has 21 heavy (non-hydrogen) atoms. The fraction of sp³-hybridized carbons (Fsp3) is 0.556. The van der Waals surface area contributed by atoms with Gasteiger partial charge in [-0.15, -0.1) is 0 Å². The second kappa shape index (κ2) is 6.88. The van der Waals surface area contributed by atoms with Crippen molar-refractivity contribution in [1.82, 2.24) is 0 Å². The van der Waals surface area contributed by atoms with Crippen LogP contribution in [-0.4, -0.2) is 18.4 Å². The summed E-state index contributed by atoms with van der Waals surface area (Å²) in [6, 6.07) is 6.81. The van der Waals surface area contributed by atoms with Crippen molar-refractivity contribution in [2.45, 2.75) is 46.1 Å². The molecule has 0 saturated heterocycles. The van der Waals surface area contributed by atoms with Gasteiger partial charge in [0.05, 0.1) is 5.56 Å². The first-order chi connectivity index (χ1) is 10.0. The van der Waals surface area contributed by atoms with E-state index in [0.717, 1.165) is 12.8 Å². The molecule has 0 amide bonds. The molecule has 2 rings (SSSR count). The number of hydrogen-bond acceptors (Lipinski definition) is 3. The van der Waals surface area contributed by atoms with Gasteiger partial charge in [-0.1, -0.05) is 45.4 Å². The first-order valence-corrected chi connectivity index (χ1v) is 7.78. The van der Waals surface area contributed by atoms with Crippen molar-refractivity contribution in [2.24, 2.45) is 17.8 Å². The molecule has 1 fully saturated rings. The SMILES string of the molecule is CC1CCC(C(C)C)C(OC(=O)c2ccccc2C=O)C1. The number of ether oxygens (including phenoxy) is 1. The van der Waals surface area contributed by atoms with Gasteiger partial charge in [0.15, 0.2) is 6.29 Å². The molecule has 1 saturated carbocycles. The molecule has 0 aliphatic heterocycles. The Bertz CT molecular complexity index is 507. The highest BCUT2D eigenvalue weighted by Crippen LogP contribution is 2.35. The van der Waals surface area contributed by atoms with Crippen LogP contribution in [0.2, 0.25) is 0 Å². The van der Waals surface area contributed by atoms with Crippen molar-refractivity contribution in [3.8, 4) is 0 Å². The molecule has 3 nitrogen and oxygen atoms in total. The van der Waals surface area contributed by atoms with E-state index in [2.05, 4.69) is 20.8 Å². The van der Waals surface area contributed by atoms with Gasteiger partial charge < -0.3 is 4.74 Å². The van der Waals surface area contributed by atoms with E-state index in [0.29, 0.717) is 35.2 Å². The highest BCUT2D eigenvalue weighted by molar-refractivity contribution is 5.98. The van der Waals surface area contributed by atoms with Crippen molar-refractivity contribution in [2.75, 3.05) is 0 Å². The zero-order chi connectivity index (χ0) is 15.4. The molecule has 3 unspecified atom stereocenters. The minimum atomic E-state index is -0.373. The van der Waals surface area contributed by atoms with Gasteiger partial charge in [0.25, 0.3) is 0 Å². The van der Waals surface area contributed by atoms with Crippen molar-refractivity contribution < 1.29 is 14.3 Å². The van der Waals surface area contributed by atoms with Crippen LogP contribution in [0.1, 0.15) is 60.7 Å². The number of benzene rings is 1. The van der Waals surface area contributed by atoms with E-state index in [4.69, 9.17) is 4.74 Å². The van der Waals surface area contributed by atoms with Crippen molar-refractivity contribution in [1.29, 1.82) is 0 Å². The van der Waals surface area contributed by atoms with Crippen LogP contribution in [0.5, 0.6) is 0 Å². The largest absolute Gasteiger partial charge is 0.458 e. The lowest BCUT2D eigenvalue weighted by Gasteiger charge is -2.36. The summed E-state index contributed by atoms with van der Waals surface area (Å²) in [6.07, 6.45) is 3.88. The molecule has 0 N–H and O–H groups in total. The Labute approximate surface area is 126 Å². The Hall–Kier alpha value is -1.64. The lowest BCUT2D eigenvalue weighted by molar-refractivity contribution is -0.0174. The van der Waals surface area contributed by atoms with E-state index in [1.807, 2.05) is 0 Å². The number of hydrogen-bond donors (Lipinski definition) is 0. The first kappa shape index (κ1) is 15.7. The molecule has 0 aromatic heterocycles. The van der Waals surface area contributed by atoms with E-state index in [1.54, 1.807) is 24.3 Å². The van der Waals surface area contributed by atoms with E-state index in [1.165, 1.54) is 6.42 Å². The highest BCUT2D eigenvalue weighted by atomic mass is 16.5. The van der Waals surface area contributed by atoms with Gasteiger partial charge in [0.1, 0.15) is 6.10 Å². The smallest absolute Gasteiger partial charge is 0.339 e. The lowest BCUT2D eigenvalue weighted by atomic mass is 9.75. The van der Waals surface area contributed by atoms with Gasteiger partial charge in [0.2, 0.25) is 0 Å². The summed E-state index contributed by atoms with van der Waals surface area (Å²) in [5, 5.41) is 0. The minimum Gasteiger partial charge on any atom is -0.458 e. The van der Waals surface area contributed by atoms with Crippen LogP contribution in [0, 0.1) is 17.8 Å². The molecule has 3 atom stereocenters. The Kier molecular flexibility index (Phi) is 5.16. The predicted molar refractivity (Wildman–Crippen MR) is 82.4 cm³/mol. The summed E-state index contributed by atoms with van der Waals surface area (Å²) in [5.41, 5.74) is 0.765. The van der Waals surface area contributed by atoms with Gasteiger partial charge >= 0.3 is 5.97 Å². The van der Waals surface area contributed by atoms with Crippen LogP contribution in [0.3, 0.4) is 0 Å². The van der Waals surface area contributed by atoms with Crippen LogP contribution in [0.15, 0.2) is 24.3 Å². The van der Waals surface area contributed by atoms with Gasteiger partial charge in [-0.05, 0) is 36.7 Å². The molecule has 0 spiro atoms. The Morgan fingerprint density at radius 3 is 2.67 bits per heavy atom. The van der Waals surface area contributed by atoms with E-state index >= 15 is 0 Å². The molecule has 0 heterocycles. The highest BCUT2D eigenvalue weighted by Gasteiger charge is 2.33. The molecule has 1 aromatic carbocycles. The van der Waals surface area contributed by atoms with Crippen LogP contribution >= 0.6 is 0 Å². The maximum absolute atomic E-state index is 12.4. The van der Waals surface area contributed by atoms with Gasteiger partial charge in [0, 0.05) is 5.56 Å². The monoisotopic (exact) mass is 288 g/mol. The number of carbonyl (C=O) groups is 2. The third kappa shape index (κ3) is 3.72. The fourth-order valence-corrected chi connectivity index (χ4v) is 3.24. The Morgan fingerprint density at radius 2 is 2.00 bits per heavy atom. The van der Waals surface area contributed by atoms with Crippen molar-refractivity contribution >= 4 is 12.3 Å². The third-order valence-electron chi connectivity index (χ3n) is 4.53. The summed E-state index contributed by atoms with van der Waals surface area (Å²) in [5.74, 6) is 1.12. The molecule has 1 aliphatic rings. The van der Waals surface area contributed by atoms with E-state index in [-0.39, 0.29) is 12.1 Å². The maximum Gasteiger partial charge on any atom is 0.339 e. The first-order valence-electron chi connectivity index (χ1n) is 7.78. The normalized spacial score (nSPS) is 25.6. The summed E-state index contributed by atoms with van der Waals surface area (Å²) in [4.78, 5) is 23.4. The topological polar surface area (TPSA) is 43.4 Å². The second-order valence-electron chi connectivity index (χ2n) is 6.47. The minimum absolute atomic E-state index is 0.0408. The average molecular weight is 288 g/mol. The molecule has 0 bridgehead atoms. The predicted octanol–water partition coefficient (Wildman–Crippen LogP) is 4.12. The van der Waals surface area contributed by atoms with Crippen LogP contribution in [0.4, 0.5) is 0 Å². The third-order valence-corrected chi connectivity index (χ3v) is 4.53. The van der Waals surface area contributed by atoms with Crippen LogP contribution in [-0.2, 0) is 4.74 Å². The van der Waals surface area contributed by atoms with Gasteiger partial charge in [-0.3, -0.25) is 4.79 Å². The Balaban J connectivity index is 2.14. The quantitative estimate of drug-likeness (QED) is 0.618. The molecule has 0 radical (unpaired) electrons. The van der Waals surface area contributed by atoms with E-state index < -0.39 is 0 Å². The number of rotatable bonds is 4. The molecule has 1 aromatic rings. The summed E-state index contributed by atoms with van der Waals surface area (Å²) < 4.78 is 5.77.